The summed E-state index contributed by atoms with van der Waals surface area (Å²) in [4.78, 5) is 0. The summed E-state index contributed by atoms with van der Waals surface area (Å²) in [5.41, 5.74) is 1.68. The normalized spacial score (nSPS) is 11.2. The summed E-state index contributed by atoms with van der Waals surface area (Å²) in [6.45, 7) is 2.19. The number of anilines is 1. The van der Waals surface area contributed by atoms with Crippen molar-refractivity contribution >= 4 is 34.6 Å². The number of thiocarbonyl (C=S) groups is 1. The Morgan fingerprint density at radius 3 is 2.39 bits per heavy atom. The monoisotopic (exact) mass is 358 g/mol. The van der Waals surface area contributed by atoms with E-state index in [0.29, 0.717) is 22.2 Å². The number of alkyl halides is 3. The van der Waals surface area contributed by atoms with Gasteiger partial charge in [0.2, 0.25) is 0 Å². The fourth-order valence-corrected chi connectivity index (χ4v) is 2.26. The van der Waals surface area contributed by atoms with Gasteiger partial charge < -0.3 is 10.6 Å². The van der Waals surface area contributed by atoms with E-state index in [-0.39, 0.29) is 0 Å². The lowest BCUT2D eigenvalue weighted by atomic mass is 10.1. The number of nitrogens with one attached hydrogen (secondary N) is 2. The summed E-state index contributed by atoms with van der Waals surface area (Å²) in [5, 5.41) is 6.96. The molecule has 0 saturated heterocycles. The molecule has 0 aliphatic heterocycles. The fraction of sp³-hybridized carbons (Fsp3) is 0.188. The third kappa shape index (κ3) is 4.84. The smallest absolute Gasteiger partial charge is 0.358 e. The van der Waals surface area contributed by atoms with Gasteiger partial charge in [-0.15, -0.1) is 0 Å². The van der Waals surface area contributed by atoms with E-state index in [1.54, 1.807) is 12.1 Å². The molecule has 0 radical (unpaired) electrons. The van der Waals surface area contributed by atoms with E-state index in [1.807, 2.05) is 13.0 Å². The Kier molecular flexibility index (Phi) is 5.49. The van der Waals surface area contributed by atoms with Gasteiger partial charge in [0.15, 0.2) is 5.11 Å². The van der Waals surface area contributed by atoms with Crippen molar-refractivity contribution in [2.24, 2.45) is 0 Å². The molecule has 2 aromatic carbocycles. The quantitative estimate of drug-likeness (QED) is 0.742. The molecule has 7 heteroatoms. The van der Waals surface area contributed by atoms with Crippen molar-refractivity contribution in [1.82, 2.24) is 5.32 Å². The highest BCUT2D eigenvalue weighted by Crippen LogP contribution is 2.29. The maximum Gasteiger partial charge on any atom is 0.416 e. The van der Waals surface area contributed by atoms with Crippen molar-refractivity contribution in [3.63, 3.8) is 0 Å². The second-order valence-electron chi connectivity index (χ2n) is 4.91. The van der Waals surface area contributed by atoms with Crippen LogP contribution in [0.5, 0.6) is 0 Å². The summed E-state index contributed by atoms with van der Waals surface area (Å²) in [5.74, 6) is 0. The van der Waals surface area contributed by atoms with Gasteiger partial charge in [-0.25, -0.2) is 0 Å². The average molecular weight is 359 g/mol. The van der Waals surface area contributed by atoms with Gasteiger partial charge in [0.25, 0.3) is 0 Å². The van der Waals surface area contributed by atoms with Gasteiger partial charge in [0, 0.05) is 17.3 Å². The molecule has 0 atom stereocenters. The van der Waals surface area contributed by atoms with Crippen molar-refractivity contribution in [2.75, 3.05) is 5.32 Å². The second-order valence-corrected chi connectivity index (χ2v) is 5.73. The minimum Gasteiger partial charge on any atom is -0.358 e. The Labute approximate surface area is 142 Å². The number of rotatable bonds is 3. The Hall–Kier alpha value is -1.79. The number of hydrogen-bond acceptors (Lipinski definition) is 1. The van der Waals surface area contributed by atoms with Crippen LogP contribution in [0.2, 0.25) is 5.02 Å². The zero-order valence-corrected chi connectivity index (χ0v) is 13.7. The Morgan fingerprint density at radius 2 is 1.78 bits per heavy atom. The molecule has 0 bridgehead atoms. The van der Waals surface area contributed by atoms with E-state index < -0.39 is 11.7 Å². The first-order chi connectivity index (χ1) is 10.8. The summed E-state index contributed by atoms with van der Waals surface area (Å²) < 4.78 is 37.5. The van der Waals surface area contributed by atoms with Crippen LogP contribution in [0.25, 0.3) is 0 Å². The van der Waals surface area contributed by atoms with Crippen LogP contribution in [0.3, 0.4) is 0 Å². The molecule has 0 heterocycles. The van der Waals surface area contributed by atoms with Crippen LogP contribution in [0.1, 0.15) is 16.7 Å². The molecule has 0 unspecified atom stereocenters. The van der Waals surface area contributed by atoms with Gasteiger partial charge in [-0.2, -0.15) is 13.2 Å². The molecule has 0 fully saturated rings. The molecule has 0 aromatic heterocycles. The van der Waals surface area contributed by atoms with E-state index in [1.165, 1.54) is 12.1 Å². The molecule has 23 heavy (non-hydrogen) atoms. The first-order valence-corrected chi connectivity index (χ1v) is 7.52. The Balaban J connectivity index is 1.93. The summed E-state index contributed by atoms with van der Waals surface area (Å²) in [6.07, 6.45) is -4.33. The molecule has 0 amide bonds. The number of benzene rings is 2. The highest BCUT2D eigenvalue weighted by atomic mass is 35.5. The lowest BCUT2D eigenvalue weighted by Gasteiger charge is -2.13. The molecular weight excluding hydrogens is 345 g/mol. The van der Waals surface area contributed by atoms with Gasteiger partial charge in [-0.3, -0.25) is 0 Å². The van der Waals surface area contributed by atoms with Crippen LogP contribution in [0, 0.1) is 6.92 Å². The van der Waals surface area contributed by atoms with Crippen molar-refractivity contribution in [3.05, 3.63) is 64.2 Å². The predicted octanol–water partition coefficient (Wildman–Crippen LogP) is 5.15. The maximum absolute atomic E-state index is 12.5. The number of halogens is 4. The van der Waals surface area contributed by atoms with E-state index in [0.717, 1.165) is 23.4 Å². The Bertz CT molecular complexity index is 699. The van der Waals surface area contributed by atoms with Crippen LogP contribution in [0.4, 0.5) is 18.9 Å². The minimum atomic E-state index is -4.33. The van der Waals surface area contributed by atoms with Gasteiger partial charge in [0.05, 0.1) is 5.56 Å². The molecule has 0 aliphatic rings. The van der Waals surface area contributed by atoms with Crippen LogP contribution in [0.15, 0.2) is 42.5 Å². The van der Waals surface area contributed by atoms with E-state index >= 15 is 0 Å². The van der Waals surface area contributed by atoms with Gasteiger partial charge >= 0.3 is 6.18 Å². The lowest BCUT2D eigenvalue weighted by molar-refractivity contribution is -0.137. The van der Waals surface area contributed by atoms with Crippen molar-refractivity contribution in [3.8, 4) is 0 Å². The first kappa shape index (κ1) is 17.6. The van der Waals surface area contributed by atoms with E-state index in [9.17, 15) is 13.2 Å². The predicted molar refractivity (Wildman–Crippen MR) is 90.7 cm³/mol. The van der Waals surface area contributed by atoms with E-state index in [2.05, 4.69) is 10.6 Å². The first-order valence-electron chi connectivity index (χ1n) is 6.73. The second kappa shape index (κ2) is 7.19. The van der Waals surface area contributed by atoms with Gasteiger partial charge in [0.1, 0.15) is 0 Å². The molecule has 0 aliphatic carbocycles. The van der Waals surface area contributed by atoms with Gasteiger partial charge in [-0.05, 0) is 54.5 Å². The number of hydrogen-bond donors (Lipinski definition) is 2. The molecular formula is C16H14ClF3N2S. The largest absolute Gasteiger partial charge is 0.416 e. The van der Waals surface area contributed by atoms with Gasteiger partial charge in [-0.1, -0.05) is 29.8 Å². The molecule has 2 rings (SSSR count). The van der Waals surface area contributed by atoms with Crippen molar-refractivity contribution < 1.29 is 13.2 Å². The van der Waals surface area contributed by atoms with E-state index in [4.69, 9.17) is 23.8 Å². The molecule has 2 N–H and O–H groups in total. The SMILES string of the molecule is Cc1c(Cl)cccc1NC(=S)NCc1ccc(C(F)(F)F)cc1. The summed E-state index contributed by atoms with van der Waals surface area (Å²) in [6, 6.07) is 10.4. The zero-order valence-electron chi connectivity index (χ0n) is 12.2. The standard InChI is InChI=1S/C16H14ClF3N2S/c1-10-13(17)3-2-4-14(10)22-15(23)21-9-11-5-7-12(8-6-11)16(18,19)20/h2-8H,9H2,1H3,(H2,21,22,23). The van der Waals surface area contributed by atoms with Crippen LogP contribution in [-0.2, 0) is 12.7 Å². The molecule has 2 nitrogen and oxygen atoms in total. The summed E-state index contributed by atoms with van der Waals surface area (Å²) >= 11 is 11.2. The van der Waals surface area contributed by atoms with Crippen molar-refractivity contribution in [1.29, 1.82) is 0 Å². The highest BCUT2D eigenvalue weighted by molar-refractivity contribution is 7.80. The Morgan fingerprint density at radius 1 is 1.13 bits per heavy atom. The third-order valence-corrected chi connectivity index (χ3v) is 3.91. The van der Waals surface area contributed by atoms with Crippen LogP contribution < -0.4 is 10.6 Å². The average Bonchev–Trinajstić information content (AvgIpc) is 2.49. The topological polar surface area (TPSA) is 24.1 Å². The molecule has 122 valence electrons. The zero-order chi connectivity index (χ0) is 17.0. The lowest BCUT2D eigenvalue weighted by Crippen LogP contribution is -2.28. The molecule has 0 spiro atoms. The fourth-order valence-electron chi connectivity index (χ4n) is 1.90. The van der Waals surface area contributed by atoms with Crippen LogP contribution in [-0.4, -0.2) is 5.11 Å². The van der Waals surface area contributed by atoms with Crippen molar-refractivity contribution in [2.45, 2.75) is 19.6 Å². The summed E-state index contributed by atoms with van der Waals surface area (Å²) in [7, 11) is 0. The minimum absolute atomic E-state index is 0.323. The molecule has 0 saturated carbocycles. The highest BCUT2D eigenvalue weighted by Gasteiger charge is 2.29. The third-order valence-electron chi connectivity index (χ3n) is 3.25. The van der Waals surface area contributed by atoms with Crippen LogP contribution >= 0.6 is 23.8 Å². The maximum atomic E-state index is 12.5. The molecule has 2 aromatic rings.